The fraction of sp³-hybridized carbons (Fsp3) is 0.429. The van der Waals surface area contributed by atoms with Crippen LogP contribution in [-0.2, 0) is 4.79 Å². The molecule has 0 aliphatic carbocycles. The molecule has 1 aromatic rings. The van der Waals surface area contributed by atoms with Crippen LogP contribution in [0.4, 0.5) is 5.95 Å². The molecule has 0 amide bonds. The zero-order chi connectivity index (χ0) is 12.5. The molecule has 0 aliphatic heterocycles. The molecular formula is C7H9N3O6. The van der Waals surface area contributed by atoms with E-state index in [1.807, 2.05) is 0 Å². The summed E-state index contributed by atoms with van der Waals surface area (Å²) in [6, 6.07) is -0.897. The van der Waals surface area contributed by atoms with Crippen molar-refractivity contribution in [2.24, 2.45) is 0 Å². The Morgan fingerprint density at radius 2 is 2.19 bits per heavy atom. The number of carbonyl (C=O) groups is 1. The first-order valence-electron chi connectivity index (χ1n) is 4.21. The van der Waals surface area contributed by atoms with Gasteiger partial charge in [0.2, 0.25) is 0 Å². The van der Waals surface area contributed by atoms with Gasteiger partial charge in [0, 0.05) is 0 Å². The molecule has 1 atom stereocenters. The molecular weight excluding hydrogens is 222 g/mol. The van der Waals surface area contributed by atoms with Gasteiger partial charge in [-0.1, -0.05) is 0 Å². The Morgan fingerprint density at radius 3 is 2.62 bits per heavy atom. The fourth-order valence-corrected chi connectivity index (χ4v) is 1.28. The summed E-state index contributed by atoms with van der Waals surface area (Å²) in [6.45, 7) is 1.35. The average molecular weight is 231 g/mol. The predicted octanol–water partition coefficient (Wildman–Crippen LogP) is 0.238. The molecule has 0 saturated carbocycles. The topological polar surface area (TPSA) is 139 Å². The van der Waals surface area contributed by atoms with Crippen molar-refractivity contribution in [2.45, 2.75) is 19.4 Å². The largest absolute Gasteiger partial charge is 0.481 e. The van der Waals surface area contributed by atoms with E-state index in [4.69, 9.17) is 10.2 Å². The highest BCUT2D eigenvalue weighted by molar-refractivity contribution is 5.67. The highest BCUT2D eigenvalue weighted by Gasteiger charge is 2.31. The highest BCUT2D eigenvalue weighted by Crippen LogP contribution is 2.33. The summed E-state index contributed by atoms with van der Waals surface area (Å²) >= 11 is 0. The lowest BCUT2D eigenvalue weighted by atomic mass is 10.2. The Hall–Kier alpha value is -2.32. The van der Waals surface area contributed by atoms with Crippen molar-refractivity contribution in [3.05, 3.63) is 10.1 Å². The van der Waals surface area contributed by atoms with Crippen LogP contribution in [0.3, 0.4) is 0 Å². The maximum Gasteiger partial charge on any atom is 0.441 e. The van der Waals surface area contributed by atoms with Crippen LogP contribution in [-0.4, -0.2) is 35.8 Å². The minimum atomic E-state index is -1.19. The number of rotatable bonds is 4. The number of nitro groups is 1. The van der Waals surface area contributed by atoms with E-state index in [0.717, 1.165) is 0 Å². The number of carboxylic acid groups (broad SMARTS) is 1. The van der Waals surface area contributed by atoms with Crippen LogP contribution < -0.4 is 0 Å². The van der Waals surface area contributed by atoms with Gasteiger partial charge >= 0.3 is 23.7 Å². The Morgan fingerprint density at radius 1 is 1.62 bits per heavy atom. The molecule has 0 spiro atoms. The smallest absolute Gasteiger partial charge is 0.441 e. The first kappa shape index (κ1) is 11.8. The number of hydrogen-bond donors (Lipinski definition) is 3. The van der Waals surface area contributed by atoms with E-state index in [2.05, 4.69) is 4.98 Å². The maximum absolute atomic E-state index is 10.5. The number of imidazole rings is 1. The number of aromatic hydroxyl groups is 2. The van der Waals surface area contributed by atoms with Crippen LogP contribution in [0.1, 0.15) is 19.4 Å². The summed E-state index contributed by atoms with van der Waals surface area (Å²) in [7, 11) is 0. The third-order valence-electron chi connectivity index (χ3n) is 1.92. The number of carboxylic acids is 1. The summed E-state index contributed by atoms with van der Waals surface area (Å²) in [5.41, 5.74) is 0. The van der Waals surface area contributed by atoms with E-state index >= 15 is 0 Å². The molecule has 0 aliphatic rings. The molecule has 0 saturated heterocycles. The second kappa shape index (κ2) is 4.04. The molecule has 88 valence electrons. The van der Waals surface area contributed by atoms with E-state index in [1.165, 1.54) is 6.92 Å². The van der Waals surface area contributed by atoms with Crippen molar-refractivity contribution in [1.82, 2.24) is 9.55 Å². The summed E-state index contributed by atoms with van der Waals surface area (Å²) in [5.74, 6) is -3.71. The fourth-order valence-electron chi connectivity index (χ4n) is 1.28. The average Bonchev–Trinajstić information content (AvgIpc) is 2.42. The van der Waals surface area contributed by atoms with Crippen LogP contribution in [0.2, 0.25) is 0 Å². The zero-order valence-corrected chi connectivity index (χ0v) is 8.19. The quantitative estimate of drug-likeness (QED) is 0.498. The van der Waals surface area contributed by atoms with Crippen LogP contribution in [0.5, 0.6) is 11.8 Å². The third-order valence-corrected chi connectivity index (χ3v) is 1.92. The first-order valence-corrected chi connectivity index (χ1v) is 4.21. The van der Waals surface area contributed by atoms with Gasteiger partial charge in [-0.05, 0) is 16.8 Å². The second-order valence-corrected chi connectivity index (χ2v) is 3.13. The van der Waals surface area contributed by atoms with Crippen molar-refractivity contribution >= 4 is 11.9 Å². The van der Waals surface area contributed by atoms with Crippen molar-refractivity contribution in [3.63, 3.8) is 0 Å². The van der Waals surface area contributed by atoms with E-state index in [-0.39, 0.29) is 0 Å². The minimum absolute atomic E-state index is 0.440. The van der Waals surface area contributed by atoms with E-state index in [1.54, 1.807) is 0 Å². The molecule has 3 N–H and O–H groups in total. The van der Waals surface area contributed by atoms with Gasteiger partial charge in [-0.2, -0.15) is 4.57 Å². The molecule has 0 aromatic carbocycles. The van der Waals surface area contributed by atoms with Gasteiger partial charge in [0.25, 0.3) is 0 Å². The van der Waals surface area contributed by atoms with Crippen LogP contribution in [0.25, 0.3) is 0 Å². The lowest BCUT2D eigenvalue weighted by Crippen LogP contribution is -2.12. The summed E-state index contributed by atoms with van der Waals surface area (Å²) < 4.78 is 0.656. The summed E-state index contributed by atoms with van der Waals surface area (Å²) in [4.78, 5) is 23.2. The number of nitrogens with zero attached hydrogens (tertiary/aromatic N) is 3. The number of aromatic nitrogens is 2. The minimum Gasteiger partial charge on any atom is -0.481 e. The summed E-state index contributed by atoms with van der Waals surface area (Å²) in [6.07, 6.45) is -0.440. The molecule has 1 heterocycles. The van der Waals surface area contributed by atoms with Gasteiger partial charge in [-0.3, -0.25) is 4.79 Å². The normalized spacial score (nSPS) is 12.3. The van der Waals surface area contributed by atoms with Crippen molar-refractivity contribution in [1.29, 1.82) is 0 Å². The van der Waals surface area contributed by atoms with Crippen LogP contribution in [0.15, 0.2) is 0 Å². The van der Waals surface area contributed by atoms with Gasteiger partial charge in [-0.25, -0.2) is 0 Å². The lowest BCUT2D eigenvalue weighted by Gasteiger charge is -2.08. The van der Waals surface area contributed by atoms with E-state index in [0.29, 0.717) is 4.57 Å². The zero-order valence-electron chi connectivity index (χ0n) is 8.19. The van der Waals surface area contributed by atoms with E-state index in [9.17, 15) is 20.0 Å². The molecule has 9 nitrogen and oxygen atoms in total. The molecule has 9 heteroatoms. The molecule has 1 rings (SSSR count). The van der Waals surface area contributed by atoms with Crippen LogP contribution in [0, 0.1) is 10.1 Å². The third kappa shape index (κ3) is 2.02. The molecule has 16 heavy (non-hydrogen) atoms. The Labute approximate surface area is 88.7 Å². The monoisotopic (exact) mass is 231 g/mol. The molecule has 0 fully saturated rings. The maximum atomic E-state index is 10.5. The highest BCUT2D eigenvalue weighted by atomic mass is 16.6. The van der Waals surface area contributed by atoms with Crippen LogP contribution >= 0.6 is 0 Å². The van der Waals surface area contributed by atoms with Crippen molar-refractivity contribution in [3.8, 4) is 11.8 Å². The first-order chi connectivity index (χ1) is 7.34. The Balaban J connectivity index is 3.19. The number of aliphatic carboxylic acids is 1. The van der Waals surface area contributed by atoms with E-state index < -0.39 is 41.1 Å². The standard InChI is InChI=1S/C7H9N3O6/c1-3(2-4(11)12)9-6(14)5(13)8-7(9)10(15)16/h3,13-14H,2H2,1H3,(H,11,12). The molecule has 1 unspecified atom stereocenters. The summed E-state index contributed by atoms with van der Waals surface area (Å²) in [5, 5.41) is 37.4. The SMILES string of the molecule is CC(CC(=O)O)n1c([N+](=O)[O-])nc(O)c1O. The van der Waals surface area contributed by atoms with Crippen molar-refractivity contribution in [2.75, 3.05) is 0 Å². The van der Waals surface area contributed by atoms with Gasteiger partial charge in [0.15, 0.2) is 0 Å². The van der Waals surface area contributed by atoms with Gasteiger partial charge in [-0.15, -0.1) is 0 Å². The van der Waals surface area contributed by atoms with Gasteiger partial charge in [0.1, 0.15) is 0 Å². The van der Waals surface area contributed by atoms with Gasteiger partial charge in [0.05, 0.1) is 12.5 Å². The molecule has 0 radical (unpaired) electrons. The van der Waals surface area contributed by atoms with Gasteiger partial charge < -0.3 is 25.4 Å². The lowest BCUT2D eigenvalue weighted by molar-refractivity contribution is -0.397. The Bertz CT molecular complexity index is 440. The molecule has 1 aromatic heterocycles. The van der Waals surface area contributed by atoms with Crippen molar-refractivity contribution < 1.29 is 25.0 Å². The Kier molecular flexibility index (Phi) is 2.97. The molecule has 0 bridgehead atoms. The second-order valence-electron chi connectivity index (χ2n) is 3.13. The predicted molar refractivity (Wildman–Crippen MR) is 49.2 cm³/mol. The number of hydrogen-bond acceptors (Lipinski definition) is 6.